The fourth-order valence-electron chi connectivity index (χ4n) is 6.27. The summed E-state index contributed by atoms with van der Waals surface area (Å²) in [6.07, 6.45) is 7.17. The molecule has 0 bridgehead atoms. The number of aryl methyl sites for hydroxylation is 1. The predicted molar refractivity (Wildman–Crippen MR) is 151 cm³/mol. The van der Waals surface area contributed by atoms with Gasteiger partial charge in [0, 0.05) is 25.6 Å². The maximum atomic E-state index is 13.7. The van der Waals surface area contributed by atoms with Crippen LogP contribution in [0.1, 0.15) is 83.1 Å². The van der Waals surface area contributed by atoms with Gasteiger partial charge in [-0.3, -0.25) is 9.59 Å². The number of hydrogen-bond acceptors (Lipinski definition) is 5. The minimum atomic E-state index is -0.247. The number of carbonyl (C=O) groups is 2. The van der Waals surface area contributed by atoms with E-state index in [0.717, 1.165) is 69.2 Å². The highest BCUT2D eigenvalue weighted by atomic mass is 16.5. The molecular formula is C33H38N2O5. The molecule has 0 unspecified atom stereocenters. The Morgan fingerprint density at radius 3 is 2.60 bits per heavy atom. The van der Waals surface area contributed by atoms with Gasteiger partial charge in [-0.1, -0.05) is 48.7 Å². The minimum absolute atomic E-state index is 0.0823. The fraction of sp³-hybridized carbons (Fsp3) is 0.455. The average molecular weight is 543 g/mol. The zero-order valence-corrected chi connectivity index (χ0v) is 23.2. The quantitative estimate of drug-likeness (QED) is 0.393. The molecule has 6 rings (SSSR count). The summed E-state index contributed by atoms with van der Waals surface area (Å²) in [5, 5.41) is 2.89. The van der Waals surface area contributed by atoms with E-state index >= 15 is 0 Å². The molecule has 1 saturated heterocycles. The normalized spacial score (nSPS) is 20.9. The van der Waals surface area contributed by atoms with Crippen molar-refractivity contribution in [2.75, 3.05) is 19.7 Å². The van der Waals surface area contributed by atoms with Crippen LogP contribution in [0.2, 0.25) is 0 Å². The Morgan fingerprint density at radius 1 is 1.00 bits per heavy atom. The number of nitrogens with one attached hydrogen (secondary N) is 1. The molecule has 1 N–H and O–H groups in total. The SMILES string of the molecule is Cc1ccc([C@H]2c3cc(OCc4ccc(C(=O)NC[C@H]5CCCO5)o4)ccc3CCN2C(=O)C2CCCC2)cc1. The highest BCUT2D eigenvalue weighted by Gasteiger charge is 2.36. The molecule has 2 atom stereocenters. The molecule has 210 valence electrons. The summed E-state index contributed by atoms with van der Waals surface area (Å²) < 4.78 is 17.5. The maximum absolute atomic E-state index is 13.7. The zero-order chi connectivity index (χ0) is 27.5. The highest BCUT2D eigenvalue weighted by molar-refractivity contribution is 5.91. The van der Waals surface area contributed by atoms with E-state index in [0.29, 0.717) is 18.1 Å². The van der Waals surface area contributed by atoms with Crippen LogP contribution >= 0.6 is 0 Å². The van der Waals surface area contributed by atoms with Crippen molar-refractivity contribution in [1.82, 2.24) is 10.2 Å². The summed E-state index contributed by atoms with van der Waals surface area (Å²) in [6, 6.07) is 18.0. The summed E-state index contributed by atoms with van der Waals surface area (Å²) in [4.78, 5) is 28.3. The summed E-state index contributed by atoms with van der Waals surface area (Å²) in [5.41, 5.74) is 4.69. The van der Waals surface area contributed by atoms with Crippen molar-refractivity contribution >= 4 is 11.8 Å². The van der Waals surface area contributed by atoms with E-state index in [9.17, 15) is 9.59 Å². The molecular weight excluding hydrogens is 504 g/mol. The number of hydrogen-bond donors (Lipinski definition) is 1. The molecule has 7 heteroatoms. The Hall–Kier alpha value is -3.58. The van der Waals surface area contributed by atoms with Crippen molar-refractivity contribution in [1.29, 1.82) is 0 Å². The van der Waals surface area contributed by atoms with Crippen molar-refractivity contribution in [3.63, 3.8) is 0 Å². The van der Waals surface area contributed by atoms with Gasteiger partial charge in [0.05, 0.1) is 12.1 Å². The lowest BCUT2D eigenvalue weighted by atomic mass is 9.86. The smallest absolute Gasteiger partial charge is 0.287 e. The molecule has 3 aromatic rings. The maximum Gasteiger partial charge on any atom is 0.287 e. The lowest BCUT2D eigenvalue weighted by molar-refractivity contribution is -0.137. The Morgan fingerprint density at radius 2 is 1.82 bits per heavy atom. The van der Waals surface area contributed by atoms with Gasteiger partial charge in [-0.25, -0.2) is 0 Å². The zero-order valence-electron chi connectivity index (χ0n) is 23.2. The summed E-state index contributed by atoms with van der Waals surface area (Å²) >= 11 is 0. The Kier molecular flexibility index (Phi) is 7.91. The van der Waals surface area contributed by atoms with E-state index < -0.39 is 0 Å². The second-order valence-corrected chi connectivity index (χ2v) is 11.3. The van der Waals surface area contributed by atoms with Gasteiger partial charge in [-0.2, -0.15) is 0 Å². The molecule has 2 aromatic carbocycles. The second-order valence-electron chi connectivity index (χ2n) is 11.3. The van der Waals surface area contributed by atoms with Crippen molar-refractivity contribution in [2.45, 2.75) is 70.6 Å². The first-order valence-corrected chi connectivity index (χ1v) is 14.7. The molecule has 2 fully saturated rings. The molecule has 40 heavy (non-hydrogen) atoms. The number of amides is 2. The molecule has 1 aliphatic carbocycles. The number of ether oxygens (including phenoxy) is 2. The highest BCUT2D eigenvalue weighted by Crippen LogP contribution is 2.40. The molecule has 2 aliphatic heterocycles. The van der Waals surface area contributed by atoms with Crippen molar-refractivity contribution in [2.24, 2.45) is 5.92 Å². The first kappa shape index (κ1) is 26.6. The van der Waals surface area contributed by atoms with Crippen LogP contribution < -0.4 is 10.1 Å². The minimum Gasteiger partial charge on any atom is -0.486 e. The lowest BCUT2D eigenvalue weighted by Crippen LogP contribution is -2.43. The van der Waals surface area contributed by atoms with Gasteiger partial charge in [-0.15, -0.1) is 0 Å². The third kappa shape index (κ3) is 5.80. The van der Waals surface area contributed by atoms with Crippen LogP contribution in [0.5, 0.6) is 5.75 Å². The van der Waals surface area contributed by atoms with Crippen molar-refractivity contribution in [3.8, 4) is 5.75 Å². The summed E-state index contributed by atoms with van der Waals surface area (Å²) in [5.74, 6) is 1.72. The van der Waals surface area contributed by atoms with Gasteiger partial charge in [-0.05, 0) is 80.0 Å². The van der Waals surface area contributed by atoms with Gasteiger partial charge < -0.3 is 24.1 Å². The lowest BCUT2D eigenvalue weighted by Gasteiger charge is -2.39. The standard InChI is InChI=1S/C33H38N2O5/c1-22-8-10-24(11-9-22)31-29-19-26(13-12-23(29)16-17-35(31)33(37)25-5-2-3-6-25)39-21-28-14-15-30(40-28)32(36)34-20-27-7-4-18-38-27/h8-15,19,25,27,31H,2-7,16-18,20-21H2,1H3,(H,34,36)/t27-,31+/m1/s1. The van der Waals surface area contributed by atoms with Gasteiger partial charge in [0.1, 0.15) is 18.1 Å². The molecule has 0 spiro atoms. The second kappa shape index (κ2) is 11.9. The van der Waals surface area contributed by atoms with Gasteiger partial charge in [0.25, 0.3) is 5.91 Å². The van der Waals surface area contributed by atoms with Crippen LogP contribution in [0.4, 0.5) is 0 Å². The number of furan rings is 1. The van der Waals surface area contributed by atoms with Crippen LogP contribution in [-0.2, 0) is 22.6 Å². The van der Waals surface area contributed by atoms with E-state index in [1.807, 2.05) is 6.07 Å². The van der Waals surface area contributed by atoms with Crippen molar-refractivity contribution in [3.05, 3.63) is 88.4 Å². The molecule has 2 amide bonds. The van der Waals surface area contributed by atoms with E-state index in [1.165, 1.54) is 11.1 Å². The summed E-state index contributed by atoms with van der Waals surface area (Å²) in [6.45, 7) is 4.26. The van der Waals surface area contributed by atoms with Crippen LogP contribution in [0.25, 0.3) is 0 Å². The van der Waals surface area contributed by atoms with Crippen LogP contribution in [0.15, 0.2) is 59.0 Å². The molecule has 7 nitrogen and oxygen atoms in total. The van der Waals surface area contributed by atoms with E-state index in [-0.39, 0.29) is 42.2 Å². The number of nitrogens with zero attached hydrogens (tertiary/aromatic N) is 1. The number of rotatable bonds is 8. The third-order valence-electron chi connectivity index (χ3n) is 8.51. The van der Waals surface area contributed by atoms with Gasteiger partial charge >= 0.3 is 0 Å². The van der Waals surface area contributed by atoms with Gasteiger partial charge in [0.15, 0.2) is 5.76 Å². The molecule has 3 aliphatic rings. The van der Waals surface area contributed by atoms with E-state index in [1.54, 1.807) is 12.1 Å². The van der Waals surface area contributed by atoms with Crippen LogP contribution in [-0.4, -0.2) is 42.5 Å². The number of carbonyl (C=O) groups excluding carboxylic acids is 2. The molecule has 0 radical (unpaired) electrons. The predicted octanol–water partition coefficient (Wildman–Crippen LogP) is 5.74. The molecule has 1 aromatic heterocycles. The average Bonchev–Trinajstić information content (AvgIpc) is 3.78. The molecule has 1 saturated carbocycles. The largest absolute Gasteiger partial charge is 0.486 e. The summed E-state index contributed by atoms with van der Waals surface area (Å²) in [7, 11) is 0. The Labute approximate surface area is 235 Å². The van der Waals surface area contributed by atoms with E-state index in [2.05, 4.69) is 53.5 Å². The monoisotopic (exact) mass is 542 g/mol. The Balaban J connectivity index is 1.17. The first-order valence-electron chi connectivity index (χ1n) is 14.7. The Bertz CT molecular complexity index is 1340. The third-order valence-corrected chi connectivity index (χ3v) is 8.51. The van der Waals surface area contributed by atoms with Crippen LogP contribution in [0.3, 0.4) is 0 Å². The number of benzene rings is 2. The van der Waals surface area contributed by atoms with Crippen LogP contribution in [0, 0.1) is 12.8 Å². The fourth-order valence-corrected chi connectivity index (χ4v) is 6.27. The van der Waals surface area contributed by atoms with E-state index in [4.69, 9.17) is 13.9 Å². The van der Waals surface area contributed by atoms with Crippen molar-refractivity contribution < 1.29 is 23.5 Å². The topological polar surface area (TPSA) is 81.0 Å². The van der Waals surface area contributed by atoms with Gasteiger partial charge in [0.2, 0.25) is 5.91 Å². The number of fused-ring (bicyclic) bond motifs is 1. The molecule has 3 heterocycles. The first-order chi connectivity index (χ1) is 19.5.